The molecule has 0 N–H and O–H groups in total. The number of aryl methyl sites for hydroxylation is 1. The first-order valence-electron chi connectivity index (χ1n) is 15.1. The molecule has 0 saturated carbocycles. The van der Waals surface area contributed by atoms with Crippen molar-refractivity contribution in [2.45, 2.75) is 25.5 Å². The van der Waals surface area contributed by atoms with Gasteiger partial charge in [0.15, 0.2) is 4.80 Å². The monoisotopic (exact) mass is 621 g/mol. The number of benzene rings is 5. The zero-order valence-electron chi connectivity index (χ0n) is 24.6. The van der Waals surface area contributed by atoms with Gasteiger partial charge in [-0.25, -0.2) is 4.99 Å². The van der Waals surface area contributed by atoms with Crippen molar-refractivity contribution in [2.24, 2.45) is 4.99 Å². The van der Waals surface area contributed by atoms with Gasteiger partial charge in [0.1, 0.15) is 12.4 Å². The van der Waals surface area contributed by atoms with Crippen molar-refractivity contribution in [3.8, 4) is 5.75 Å². The van der Waals surface area contributed by atoms with Crippen LogP contribution >= 0.6 is 11.3 Å². The number of nitrogens with zero attached hydrogens (tertiary/aromatic N) is 3. The molecular formula is C38H27N3O4S. The summed E-state index contributed by atoms with van der Waals surface area (Å²) in [5.41, 5.74) is 6.47. The lowest BCUT2D eigenvalue weighted by atomic mass is 9.83. The molecule has 8 rings (SSSR count). The minimum atomic E-state index is -0.500. The summed E-state index contributed by atoms with van der Waals surface area (Å²) in [5.74, 6) is 0.671. The fraction of sp³-hybridized carbons (Fsp3) is 0.105. The zero-order valence-corrected chi connectivity index (χ0v) is 25.4. The van der Waals surface area contributed by atoms with Gasteiger partial charge in [0.2, 0.25) is 0 Å². The maximum Gasteiger partial charge on any atom is 0.271 e. The first-order chi connectivity index (χ1) is 22.5. The second kappa shape index (κ2) is 11.4. The Morgan fingerprint density at radius 2 is 1.70 bits per heavy atom. The van der Waals surface area contributed by atoms with Crippen LogP contribution in [0.15, 0.2) is 131 Å². The number of hydrogen-bond acceptors (Lipinski definition) is 6. The van der Waals surface area contributed by atoms with Gasteiger partial charge in [-0.2, -0.15) is 0 Å². The smallest absolute Gasteiger partial charge is 0.271 e. The van der Waals surface area contributed by atoms with Gasteiger partial charge in [0.25, 0.3) is 11.2 Å². The highest BCUT2D eigenvalue weighted by Gasteiger charge is 2.33. The van der Waals surface area contributed by atoms with Crippen LogP contribution in [-0.2, 0) is 13.0 Å². The summed E-state index contributed by atoms with van der Waals surface area (Å²) >= 11 is 1.33. The number of thiazole rings is 1. The van der Waals surface area contributed by atoms with Gasteiger partial charge in [-0.15, -0.1) is 0 Å². The van der Waals surface area contributed by atoms with Gasteiger partial charge in [-0.05, 0) is 58.0 Å². The molecule has 0 radical (unpaired) electrons. The topological polar surface area (TPSA) is 86.7 Å². The van der Waals surface area contributed by atoms with Crippen LogP contribution in [-0.4, -0.2) is 9.49 Å². The molecule has 0 spiro atoms. The maximum atomic E-state index is 14.3. The molecule has 224 valence electrons. The summed E-state index contributed by atoms with van der Waals surface area (Å²) in [5, 5.41) is 14.0. The van der Waals surface area contributed by atoms with Crippen LogP contribution in [0.25, 0.3) is 22.5 Å². The summed E-state index contributed by atoms with van der Waals surface area (Å²) in [7, 11) is 0. The van der Waals surface area contributed by atoms with Crippen molar-refractivity contribution >= 4 is 39.6 Å². The second-order valence-corrected chi connectivity index (χ2v) is 12.4. The lowest BCUT2D eigenvalue weighted by Crippen LogP contribution is -2.38. The van der Waals surface area contributed by atoms with Crippen LogP contribution in [0, 0.1) is 10.1 Å². The number of non-ortho nitro benzene ring substituents is 1. The number of rotatable bonds is 6. The number of nitro groups is 1. The summed E-state index contributed by atoms with van der Waals surface area (Å²) in [4.78, 5) is 31.2. The third kappa shape index (κ3) is 4.83. The van der Waals surface area contributed by atoms with Crippen molar-refractivity contribution in [3.63, 3.8) is 0 Å². The van der Waals surface area contributed by atoms with E-state index in [-0.39, 0.29) is 11.2 Å². The van der Waals surface area contributed by atoms with Gasteiger partial charge in [0.05, 0.1) is 21.2 Å². The molecule has 2 heterocycles. The van der Waals surface area contributed by atoms with E-state index in [1.807, 2.05) is 66.7 Å². The Kier molecular flexibility index (Phi) is 6.92. The molecule has 2 aliphatic rings. The molecule has 5 aromatic carbocycles. The Hall–Kier alpha value is -5.60. The van der Waals surface area contributed by atoms with E-state index in [0.717, 1.165) is 45.2 Å². The first-order valence-corrected chi connectivity index (χ1v) is 15.9. The summed E-state index contributed by atoms with van der Waals surface area (Å²) in [6.45, 7) is 0.381. The van der Waals surface area contributed by atoms with Crippen LogP contribution in [0.2, 0.25) is 0 Å². The Morgan fingerprint density at radius 1 is 0.913 bits per heavy atom. The van der Waals surface area contributed by atoms with Crippen molar-refractivity contribution in [1.82, 2.24) is 4.57 Å². The fourth-order valence-corrected chi connectivity index (χ4v) is 7.57. The SMILES string of the molecule is O=c1/c(=C/c2ccccc2OCc2cccc3ccccc23)sc2n1[C@H](c1cccc([N+](=O)[O-])c1)C1=C(N=2)c2ccccc2CC1. The van der Waals surface area contributed by atoms with Crippen LogP contribution in [0.3, 0.4) is 0 Å². The normalized spacial score (nSPS) is 15.6. The van der Waals surface area contributed by atoms with Crippen LogP contribution in [0.4, 0.5) is 5.69 Å². The molecule has 0 amide bonds. The second-order valence-electron chi connectivity index (χ2n) is 11.4. The van der Waals surface area contributed by atoms with E-state index in [4.69, 9.17) is 9.73 Å². The first kappa shape index (κ1) is 27.9. The molecule has 1 aromatic heterocycles. The van der Waals surface area contributed by atoms with Crippen molar-refractivity contribution in [1.29, 1.82) is 0 Å². The number of nitro benzene ring substituents is 1. The quantitative estimate of drug-likeness (QED) is 0.149. The highest BCUT2D eigenvalue weighted by molar-refractivity contribution is 7.07. The van der Waals surface area contributed by atoms with Crippen molar-refractivity contribution in [2.75, 3.05) is 0 Å². The third-order valence-electron chi connectivity index (χ3n) is 8.74. The third-order valence-corrected chi connectivity index (χ3v) is 9.72. The summed E-state index contributed by atoms with van der Waals surface area (Å²) in [6, 6.07) is 36.4. The van der Waals surface area contributed by atoms with E-state index in [1.54, 1.807) is 16.7 Å². The van der Waals surface area contributed by atoms with Gasteiger partial charge < -0.3 is 4.74 Å². The van der Waals surface area contributed by atoms with Gasteiger partial charge in [0, 0.05) is 23.3 Å². The van der Waals surface area contributed by atoms with Gasteiger partial charge in [-0.1, -0.05) is 108 Å². The van der Waals surface area contributed by atoms with E-state index < -0.39 is 11.0 Å². The van der Waals surface area contributed by atoms with E-state index in [0.29, 0.717) is 33.7 Å². The zero-order chi connectivity index (χ0) is 31.2. The van der Waals surface area contributed by atoms with Crippen LogP contribution < -0.4 is 19.6 Å². The van der Waals surface area contributed by atoms with Crippen LogP contribution in [0.5, 0.6) is 5.75 Å². The average Bonchev–Trinajstić information content (AvgIpc) is 3.40. The molecule has 1 aliphatic heterocycles. The van der Waals surface area contributed by atoms with Crippen molar-refractivity contribution < 1.29 is 9.66 Å². The van der Waals surface area contributed by atoms with E-state index in [9.17, 15) is 14.9 Å². The number of fused-ring (bicyclic) bond motifs is 4. The van der Waals surface area contributed by atoms with E-state index >= 15 is 0 Å². The minimum Gasteiger partial charge on any atom is -0.488 e. The molecule has 0 fully saturated rings. The van der Waals surface area contributed by atoms with Crippen LogP contribution in [0.1, 0.15) is 40.3 Å². The Bertz CT molecular complexity index is 2400. The average molecular weight is 622 g/mol. The lowest BCUT2D eigenvalue weighted by Gasteiger charge is -2.30. The fourth-order valence-electron chi connectivity index (χ4n) is 6.58. The number of ether oxygens (including phenoxy) is 1. The summed E-state index contributed by atoms with van der Waals surface area (Å²) < 4.78 is 8.58. The predicted octanol–water partition coefficient (Wildman–Crippen LogP) is 6.96. The lowest BCUT2D eigenvalue weighted by molar-refractivity contribution is -0.384. The molecule has 0 saturated heterocycles. The standard InChI is InChI=1S/C38H27N3O4S/c42-37-34(22-26-11-3-6-18-33(26)45-23-28-14-7-12-24-9-1-4-16-30(24)28)46-38-39-35-31-17-5-2-10-25(31)19-20-32(35)36(40(37)38)27-13-8-15-29(21-27)41(43)44/h1-18,21-22,36H,19-20,23H2/b34-22-/t36-/m1/s1. The number of hydrogen-bond donors (Lipinski definition) is 0. The number of aromatic nitrogens is 1. The Morgan fingerprint density at radius 3 is 2.61 bits per heavy atom. The molecule has 1 aliphatic carbocycles. The summed E-state index contributed by atoms with van der Waals surface area (Å²) in [6.07, 6.45) is 3.38. The number of para-hydroxylation sites is 1. The molecule has 8 heteroatoms. The van der Waals surface area contributed by atoms with Gasteiger partial charge in [-0.3, -0.25) is 19.5 Å². The van der Waals surface area contributed by atoms with E-state index in [1.165, 1.54) is 23.0 Å². The maximum absolute atomic E-state index is 14.3. The minimum absolute atomic E-state index is 0.00717. The predicted molar refractivity (Wildman–Crippen MR) is 181 cm³/mol. The molecule has 6 aromatic rings. The highest BCUT2D eigenvalue weighted by Crippen LogP contribution is 2.41. The molecule has 1 atom stereocenters. The van der Waals surface area contributed by atoms with Crippen molar-refractivity contribution in [3.05, 3.63) is 178 Å². The van der Waals surface area contributed by atoms with Gasteiger partial charge >= 0.3 is 0 Å². The highest BCUT2D eigenvalue weighted by atomic mass is 32.1. The molecule has 0 bridgehead atoms. The Labute approximate surface area is 267 Å². The molecule has 0 unspecified atom stereocenters. The Balaban J connectivity index is 1.25. The largest absolute Gasteiger partial charge is 0.488 e. The number of allylic oxidation sites excluding steroid dienone is 1. The van der Waals surface area contributed by atoms with E-state index in [2.05, 4.69) is 36.4 Å². The molecule has 7 nitrogen and oxygen atoms in total. The molecule has 46 heavy (non-hydrogen) atoms. The molecular weight excluding hydrogens is 595 g/mol.